The number of amides is 1. The maximum absolute atomic E-state index is 12.0. The maximum Gasteiger partial charge on any atom is 0.237 e. The summed E-state index contributed by atoms with van der Waals surface area (Å²) < 4.78 is 0. The zero-order valence-corrected chi connectivity index (χ0v) is 12.5. The summed E-state index contributed by atoms with van der Waals surface area (Å²) in [6.07, 6.45) is 4.94. The fourth-order valence-electron chi connectivity index (χ4n) is 2.53. The number of hydrogen-bond acceptors (Lipinski definition) is 5. The third kappa shape index (κ3) is 4.28. The minimum absolute atomic E-state index is 0.000507. The normalized spacial score (nSPS) is 17.0. The Morgan fingerprint density at radius 3 is 3.00 bits per heavy atom. The predicted molar refractivity (Wildman–Crippen MR) is 80.5 cm³/mol. The van der Waals surface area contributed by atoms with Gasteiger partial charge in [0.1, 0.15) is 12.1 Å². The highest BCUT2D eigenvalue weighted by Crippen LogP contribution is 2.15. The number of nitriles is 2. The molecule has 0 spiro atoms. The number of pyridine rings is 1. The molecular formula is C16H19N5O. The molecule has 2 heterocycles. The number of hydrogen-bond donors (Lipinski definition) is 1. The molecule has 22 heavy (non-hydrogen) atoms. The maximum atomic E-state index is 12.0. The van der Waals surface area contributed by atoms with E-state index in [1.54, 1.807) is 17.2 Å². The van der Waals surface area contributed by atoms with Gasteiger partial charge in [0.15, 0.2) is 0 Å². The Balaban J connectivity index is 1.64. The van der Waals surface area contributed by atoms with Crippen molar-refractivity contribution in [2.24, 2.45) is 0 Å². The molecule has 1 aliphatic heterocycles. The van der Waals surface area contributed by atoms with Gasteiger partial charge in [0.25, 0.3) is 0 Å². The summed E-state index contributed by atoms with van der Waals surface area (Å²) in [5.41, 5.74) is 1.50. The first kappa shape index (κ1) is 15.9. The van der Waals surface area contributed by atoms with Crippen molar-refractivity contribution in [2.45, 2.75) is 31.7 Å². The van der Waals surface area contributed by atoms with Gasteiger partial charge in [-0.2, -0.15) is 10.5 Å². The smallest absolute Gasteiger partial charge is 0.237 e. The summed E-state index contributed by atoms with van der Waals surface area (Å²) in [5.74, 6) is 0.000507. The minimum atomic E-state index is -0.253. The fourth-order valence-corrected chi connectivity index (χ4v) is 2.53. The summed E-state index contributed by atoms with van der Waals surface area (Å²) in [4.78, 5) is 17.9. The van der Waals surface area contributed by atoms with Crippen LogP contribution in [0, 0.1) is 22.7 Å². The highest BCUT2D eigenvalue weighted by Gasteiger charge is 2.27. The molecular weight excluding hydrogens is 278 g/mol. The second-order valence-electron chi connectivity index (χ2n) is 5.30. The minimum Gasteiger partial charge on any atom is -0.326 e. The van der Waals surface area contributed by atoms with Crippen molar-refractivity contribution in [3.05, 3.63) is 29.6 Å². The number of aromatic nitrogens is 1. The molecule has 1 fully saturated rings. The van der Waals surface area contributed by atoms with Crippen LogP contribution in [0.25, 0.3) is 0 Å². The topological polar surface area (TPSA) is 92.8 Å². The second kappa shape index (κ2) is 8.11. The zero-order valence-electron chi connectivity index (χ0n) is 12.5. The molecule has 2 rings (SSSR count). The summed E-state index contributed by atoms with van der Waals surface area (Å²) in [7, 11) is 0. The van der Waals surface area contributed by atoms with E-state index in [-0.39, 0.29) is 18.5 Å². The third-order valence-electron chi connectivity index (χ3n) is 3.74. The van der Waals surface area contributed by atoms with Crippen molar-refractivity contribution in [3.8, 4) is 12.1 Å². The van der Waals surface area contributed by atoms with E-state index >= 15 is 0 Å². The van der Waals surface area contributed by atoms with Crippen molar-refractivity contribution in [1.82, 2.24) is 15.2 Å². The van der Waals surface area contributed by atoms with Crippen LogP contribution >= 0.6 is 0 Å². The Labute approximate surface area is 130 Å². The summed E-state index contributed by atoms with van der Waals surface area (Å²) in [6, 6.07) is 7.57. The Hall–Kier alpha value is -2.44. The number of carbonyl (C=O) groups is 1. The second-order valence-corrected chi connectivity index (χ2v) is 5.30. The van der Waals surface area contributed by atoms with Crippen molar-refractivity contribution >= 4 is 5.91 Å². The lowest BCUT2D eigenvalue weighted by Crippen LogP contribution is -2.40. The Morgan fingerprint density at radius 1 is 1.45 bits per heavy atom. The van der Waals surface area contributed by atoms with Crippen LogP contribution < -0.4 is 5.32 Å². The van der Waals surface area contributed by atoms with Crippen molar-refractivity contribution < 1.29 is 4.79 Å². The van der Waals surface area contributed by atoms with Gasteiger partial charge in [-0.15, -0.1) is 0 Å². The van der Waals surface area contributed by atoms with Gasteiger partial charge in [0.05, 0.1) is 18.2 Å². The first-order valence-corrected chi connectivity index (χ1v) is 7.49. The van der Waals surface area contributed by atoms with Gasteiger partial charge in [0, 0.05) is 18.4 Å². The van der Waals surface area contributed by atoms with Crippen LogP contribution in [-0.4, -0.2) is 41.5 Å². The van der Waals surface area contributed by atoms with Crippen LogP contribution in [0.15, 0.2) is 18.3 Å². The number of carbonyl (C=O) groups excluding carboxylic acids is 1. The standard InChI is InChI=1S/C16H19N5O/c17-9-13-5-6-14(20-11-13)3-1-7-19-12-16(22)21-8-2-4-15(21)10-18/h5-6,11,15,19H,1-4,7-8,12H2/t15-/m0/s1. The average molecular weight is 297 g/mol. The number of nitrogens with one attached hydrogen (secondary N) is 1. The lowest BCUT2D eigenvalue weighted by molar-refractivity contribution is -0.130. The molecule has 1 atom stereocenters. The van der Waals surface area contributed by atoms with E-state index in [0.717, 1.165) is 37.9 Å². The first-order valence-electron chi connectivity index (χ1n) is 7.49. The Bertz CT molecular complexity index is 584. The van der Waals surface area contributed by atoms with Gasteiger partial charge in [-0.1, -0.05) is 0 Å². The van der Waals surface area contributed by atoms with Gasteiger partial charge in [-0.05, 0) is 44.4 Å². The van der Waals surface area contributed by atoms with Gasteiger partial charge in [-0.3, -0.25) is 9.78 Å². The monoisotopic (exact) mass is 297 g/mol. The average Bonchev–Trinajstić information content (AvgIpc) is 3.03. The van der Waals surface area contributed by atoms with E-state index in [9.17, 15) is 4.79 Å². The van der Waals surface area contributed by atoms with E-state index in [0.29, 0.717) is 12.1 Å². The molecule has 1 aromatic heterocycles. The van der Waals surface area contributed by atoms with Crippen molar-refractivity contribution in [2.75, 3.05) is 19.6 Å². The quantitative estimate of drug-likeness (QED) is 0.790. The van der Waals surface area contributed by atoms with E-state index in [2.05, 4.69) is 16.4 Å². The number of nitrogens with zero attached hydrogens (tertiary/aromatic N) is 4. The Morgan fingerprint density at radius 2 is 2.32 bits per heavy atom. The number of rotatable bonds is 6. The number of aryl methyl sites for hydroxylation is 1. The molecule has 1 N–H and O–H groups in total. The molecule has 1 saturated heterocycles. The molecule has 6 nitrogen and oxygen atoms in total. The van der Waals surface area contributed by atoms with E-state index in [1.807, 2.05) is 12.1 Å². The van der Waals surface area contributed by atoms with Gasteiger partial charge in [-0.25, -0.2) is 0 Å². The van der Waals surface area contributed by atoms with E-state index in [4.69, 9.17) is 10.5 Å². The lowest BCUT2D eigenvalue weighted by Gasteiger charge is -2.19. The molecule has 114 valence electrons. The SMILES string of the molecule is N#Cc1ccc(CCCNCC(=O)N2CCC[C@H]2C#N)nc1. The lowest BCUT2D eigenvalue weighted by atomic mass is 10.2. The first-order chi connectivity index (χ1) is 10.7. The zero-order chi connectivity index (χ0) is 15.8. The number of likely N-dealkylation sites (tertiary alicyclic amines) is 1. The Kier molecular flexibility index (Phi) is 5.88. The molecule has 0 aliphatic carbocycles. The van der Waals surface area contributed by atoms with Crippen LogP contribution in [0.2, 0.25) is 0 Å². The third-order valence-corrected chi connectivity index (χ3v) is 3.74. The van der Waals surface area contributed by atoms with E-state index in [1.165, 1.54) is 0 Å². The molecule has 0 bridgehead atoms. The van der Waals surface area contributed by atoms with Gasteiger partial charge >= 0.3 is 0 Å². The molecule has 0 radical (unpaired) electrons. The largest absolute Gasteiger partial charge is 0.326 e. The van der Waals surface area contributed by atoms with Gasteiger partial charge < -0.3 is 10.2 Å². The summed E-state index contributed by atoms with van der Waals surface area (Å²) in [5, 5.41) is 20.8. The summed E-state index contributed by atoms with van der Waals surface area (Å²) in [6.45, 7) is 1.69. The van der Waals surface area contributed by atoms with Gasteiger partial charge in [0.2, 0.25) is 5.91 Å². The predicted octanol–water partition coefficient (Wildman–Crippen LogP) is 0.990. The fraction of sp³-hybridized carbons (Fsp3) is 0.500. The van der Waals surface area contributed by atoms with Crippen LogP contribution in [-0.2, 0) is 11.2 Å². The molecule has 6 heteroatoms. The van der Waals surface area contributed by atoms with Crippen LogP contribution in [0.1, 0.15) is 30.5 Å². The molecule has 1 amide bonds. The molecule has 0 unspecified atom stereocenters. The van der Waals surface area contributed by atoms with Crippen molar-refractivity contribution in [1.29, 1.82) is 10.5 Å². The van der Waals surface area contributed by atoms with Crippen molar-refractivity contribution in [3.63, 3.8) is 0 Å². The van der Waals surface area contributed by atoms with Crippen LogP contribution in [0.5, 0.6) is 0 Å². The highest BCUT2D eigenvalue weighted by atomic mass is 16.2. The van der Waals surface area contributed by atoms with E-state index < -0.39 is 0 Å². The van der Waals surface area contributed by atoms with Crippen LogP contribution in [0.4, 0.5) is 0 Å². The molecule has 0 saturated carbocycles. The molecule has 1 aliphatic rings. The van der Waals surface area contributed by atoms with Crippen LogP contribution in [0.3, 0.4) is 0 Å². The molecule has 1 aromatic rings. The highest BCUT2D eigenvalue weighted by molar-refractivity contribution is 5.79. The summed E-state index contributed by atoms with van der Waals surface area (Å²) >= 11 is 0. The molecule has 0 aromatic carbocycles.